The average Bonchev–Trinajstić information content (AvgIpc) is 2.26. The van der Waals surface area contributed by atoms with Crippen LogP contribution in [0, 0.1) is 0 Å². The van der Waals surface area contributed by atoms with Gasteiger partial charge in [-0.25, -0.2) is 0 Å². The van der Waals surface area contributed by atoms with Gasteiger partial charge in [-0.1, -0.05) is 77.6 Å². The van der Waals surface area contributed by atoms with Crippen LogP contribution in [-0.4, -0.2) is 9.85 Å². The summed E-state index contributed by atoms with van der Waals surface area (Å²) in [5.41, 5.74) is 0. The highest BCUT2D eigenvalue weighted by Crippen LogP contribution is 2.11. The molecule has 0 aliphatic heterocycles. The van der Waals surface area contributed by atoms with E-state index < -0.39 is 9.85 Å². The van der Waals surface area contributed by atoms with Gasteiger partial charge in [-0.05, 0) is 6.04 Å². The molecule has 0 aromatic heterocycles. The maximum absolute atomic E-state index is 11.9. The van der Waals surface area contributed by atoms with Crippen LogP contribution in [0.5, 0.6) is 0 Å². The van der Waals surface area contributed by atoms with Crippen LogP contribution in [0.3, 0.4) is 0 Å². The van der Waals surface area contributed by atoms with E-state index >= 15 is 0 Å². The number of rotatable bonds is 12. The fourth-order valence-electron chi connectivity index (χ4n) is 1.94. The molecular formula is C13H29FSi. The summed E-state index contributed by atoms with van der Waals surface area (Å²) in [7, 11) is -1.14. The monoisotopic (exact) mass is 232 g/mol. The normalized spacial score (nSPS) is 11.6. The largest absolute Gasteiger partial charge is 0.323 e. The molecule has 0 heterocycles. The molecule has 0 nitrogen and oxygen atoms in total. The zero-order valence-corrected chi connectivity index (χ0v) is 12.0. The molecule has 0 spiro atoms. The van der Waals surface area contributed by atoms with Crippen molar-refractivity contribution >= 4 is 9.85 Å². The molecule has 0 atom stereocenters. The van der Waals surface area contributed by atoms with Crippen LogP contribution in [0.1, 0.15) is 77.6 Å². The fraction of sp³-hybridized carbons (Fsp3) is 1.00. The number of hydrogen-bond acceptors (Lipinski definition) is 0. The molecule has 0 unspecified atom stereocenters. The smallest absolute Gasteiger partial charge is 0.216 e. The van der Waals surface area contributed by atoms with E-state index in [1.54, 1.807) is 0 Å². The van der Waals surface area contributed by atoms with Crippen molar-refractivity contribution in [2.75, 3.05) is 0 Å². The Bertz CT molecular complexity index is 94.7. The first-order chi connectivity index (χ1) is 7.41. The predicted octanol–water partition coefficient (Wildman–Crippen LogP) is 4.77. The maximum atomic E-state index is 11.9. The first-order valence-corrected chi connectivity index (χ1v) is 8.51. The lowest BCUT2D eigenvalue weighted by atomic mass is 10.1. The zero-order chi connectivity index (χ0) is 11.2. The Hall–Kier alpha value is 0.147. The summed E-state index contributed by atoms with van der Waals surface area (Å²) in [5, 5.41) is 0. The summed E-state index contributed by atoms with van der Waals surface area (Å²) in [4.78, 5) is 0. The van der Waals surface area contributed by atoms with E-state index in [2.05, 4.69) is 6.92 Å². The molecule has 0 fully saturated rings. The Kier molecular flexibility index (Phi) is 14.3. The van der Waals surface area contributed by atoms with Crippen LogP contribution in [0.15, 0.2) is 0 Å². The van der Waals surface area contributed by atoms with E-state index in [0.29, 0.717) is 0 Å². The van der Waals surface area contributed by atoms with Gasteiger partial charge in [0.05, 0.1) is 0 Å². The summed E-state index contributed by atoms with van der Waals surface area (Å²) in [6, 6.07) is 0.914. The van der Waals surface area contributed by atoms with Crippen LogP contribution in [0.25, 0.3) is 0 Å². The molecule has 0 aliphatic rings. The van der Waals surface area contributed by atoms with Gasteiger partial charge in [0, 0.05) is 0 Å². The van der Waals surface area contributed by atoms with Crippen molar-refractivity contribution in [3.8, 4) is 0 Å². The molecule has 0 bridgehead atoms. The molecule has 0 N–H and O–H groups in total. The first-order valence-electron chi connectivity index (χ1n) is 6.97. The molecule has 15 heavy (non-hydrogen) atoms. The predicted molar refractivity (Wildman–Crippen MR) is 70.9 cm³/mol. The van der Waals surface area contributed by atoms with Gasteiger partial charge < -0.3 is 4.11 Å². The summed E-state index contributed by atoms with van der Waals surface area (Å²) in [5.74, 6) is 0. The molecule has 0 saturated carbocycles. The summed E-state index contributed by atoms with van der Waals surface area (Å²) < 4.78 is 11.9. The van der Waals surface area contributed by atoms with E-state index in [1.807, 2.05) is 0 Å². The van der Waals surface area contributed by atoms with Crippen molar-refractivity contribution in [1.82, 2.24) is 0 Å². The standard InChI is InChI=1S/C13H29FSi/c1-2-3-4-5-6-7-8-9-10-11-12-13-15-14/h2-13,15H2,1H3. The summed E-state index contributed by atoms with van der Waals surface area (Å²) >= 11 is 0. The molecule has 0 radical (unpaired) electrons. The van der Waals surface area contributed by atoms with Gasteiger partial charge in [0.2, 0.25) is 9.85 Å². The van der Waals surface area contributed by atoms with Gasteiger partial charge in [-0.2, -0.15) is 0 Å². The van der Waals surface area contributed by atoms with Gasteiger partial charge in [0.1, 0.15) is 0 Å². The van der Waals surface area contributed by atoms with E-state index in [9.17, 15) is 4.11 Å². The summed E-state index contributed by atoms with van der Waals surface area (Å²) in [6.07, 6.45) is 15.0. The zero-order valence-electron chi connectivity index (χ0n) is 10.6. The number of hydrogen-bond donors (Lipinski definition) is 0. The lowest BCUT2D eigenvalue weighted by Gasteiger charge is -2.01. The average molecular weight is 232 g/mol. The fourth-order valence-corrected chi connectivity index (χ4v) is 2.48. The van der Waals surface area contributed by atoms with Crippen LogP contribution >= 0.6 is 0 Å². The Morgan fingerprint density at radius 3 is 1.47 bits per heavy atom. The second-order valence-electron chi connectivity index (χ2n) is 4.58. The van der Waals surface area contributed by atoms with Gasteiger partial charge in [0.15, 0.2) is 0 Å². The third-order valence-electron chi connectivity index (χ3n) is 2.99. The minimum atomic E-state index is -1.14. The van der Waals surface area contributed by atoms with E-state index in [4.69, 9.17) is 0 Å². The Morgan fingerprint density at radius 1 is 0.667 bits per heavy atom. The van der Waals surface area contributed by atoms with Crippen molar-refractivity contribution in [1.29, 1.82) is 0 Å². The topological polar surface area (TPSA) is 0 Å². The summed E-state index contributed by atoms with van der Waals surface area (Å²) in [6.45, 7) is 2.26. The minimum absolute atomic E-state index is 0.914. The lowest BCUT2D eigenvalue weighted by Crippen LogP contribution is -1.83. The molecule has 0 rings (SSSR count). The van der Waals surface area contributed by atoms with Crippen molar-refractivity contribution in [2.45, 2.75) is 83.6 Å². The molecule has 0 aliphatic carbocycles. The van der Waals surface area contributed by atoms with E-state index in [1.165, 1.54) is 64.2 Å². The van der Waals surface area contributed by atoms with Crippen molar-refractivity contribution < 1.29 is 4.11 Å². The second kappa shape index (κ2) is 14.1. The Morgan fingerprint density at radius 2 is 1.07 bits per heavy atom. The highest BCUT2D eigenvalue weighted by atomic mass is 28.3. The highest BCUT2D eigenvalue weighted by molar-refractivity contribution is 6.25. The van der Waals surface area contributed by atoms with Gasteiger partial charge in [0.25, 0.3) is 0 Å². The minimum Gasteiger partial charge on any atom is -0.323 e. The molecule has 92 valence electrons. The SMILES string of the molecule is CCCCCCCCCCCCC[SiH2]F. The molecule has 0 saturated heterocycles. The van der Waals surface area contributed by atoms with Gasteiger partial charge in [-0.3, -0.25) is 0 Å². The third kappa shape index (κ3) is 14.1. The first kappa shape index (κ1) is 15.1. The highest BCUT2D eigenvalue weighted by Gasteiger charge is 1.92. The van der Waals surface area contributed by atoms with E-state index in [-0.39, 0.29) is 0 Å². The molecule has 0 amide bonds. The molecule has 0 aromatic carbocycles. The van der Waals surface area contributed by atoms with Crippen LogP contribution in [0.4, 0.5) is 4.11 Å². The number of unbranched alkanes of at least 4 members (excludes halogenated alkanes) is 10. The Labute approximate surface area is 98.0 Å². The maximum Gasteiger partial charge on any atom is 0.216 e. The van der Waals surface area contributed by atoms with Gasteiger partial charge >= 0.3 is 0 Å². The Balaban J connectivity index is 2.81. The van der Waals surface area contributed by atoms with Crippen LogP contribution in [0.2, 0.25) is 6.04 Å². The van der Waals surface area contributed by atoms with Crippen molar-refractivity contribution in [3.05, 3.63) is 0 Å². The van der Waals surface area contributed by atoms with Gasteiger partial charge in [-0.15, -0.1) is 0 Å². The van der Waals surface area contributed by atoms with Crippen molar-refractivity contribution in [2.24, 2.45) is 0 Å². The van der Waals surface area contributed by atoms with Crippen LogP contribution in [-0.2, 0) is 0 Å². The quantitative estimate of drug-likeness (QED) is 0.258. The molecule has 0 aromatic rings. The molecule has 2 heteroatoms. The second-order valence-corrected chi connectivity index (χ2v) is 5.66. The lowest BCUT2D eigenvalue weighted by molar-refractivity contribution is 0.553. The third-order valence-corrected chi connectivity index (χ3v) is 3.75. The number of halogens is 1. The van der Waals surface area contributed by atoms with E-state index in [0.717, 1.165) is 12.5 Å². The molecular weight excluding hydrogens is 203 g/mol. The van der Waals surface area contributed by atoms with Crippen molar-refractivity contribution in [3.63, 3.8) is 0 Å². The van der Waals surface area contributed by atoms with Crippen LogP contribution < -0.4 is 0 Å².